The minimum Gasteiger partial charge on any atom is -0.252 e. The second-order valence-corrected chi connectivity index (χ2v) is 2.63. The van der Waals surface area contributed by atoms with E-state index in [1.54, 1.807) is 13.0 Å². The molecule has 13 heavy (non-hydrogen) atoms. The summed E-state index contributed by atoms with van der Waals surface area (Å²) in [5.41, 5.74) is 0.571. The van der Waals surface area contributed by atoms with Gasteiger partial charge in [-0.05, 0) is 18.6 Å². The normalized spacial score (nSPS) is 10.1. The Hall–Kier alpha value is -1.50. The van der Waals surface area contributed by atoms with Crippen molar-refractivity contribution in [2.24, 2.45) is 0 Å². The zero-order valence-electron chi connectivity index (χ0n) is 7.09. The standard InChI is InChI=1S/C9H8F2N2/c1-6-2-3-7(4-5-12)8(13-6)9(10)11/h2-3,9H,4H2,1H3. The van der Waals surface area contributed by atoms with E-state index in [0.29, 0.717) is 11.3 Å². The molecule has 0 bridgehead atoms. The average Bonchev–Trinajstić information content (AvgIpc) is 2.08. The van der Waals surface area contributed by atoms with Gasteiger partial charge in [0.25, 0.3) is 6.43 Å². The van der Waals surface area contributed by atoms with Crippen LogP contribution < -0.4 is 0 Å². The number of hydrogen-bond acceptors (Lipinski definition) is 2. The summed E-state index contributed by atoms with van der Waals surface area (Å²) >= 11 is 0. The molecule has 0 amide bonds. The zero-order chi connectivity index (χ0) is 9.84. The molecule has 0 spiro atoms. The Bertz CT molecular complexity index is 342. The number of nitriles is 1. The van der Waals surface area contributed by atoms with E-state index in [-0.39, 0.29) is 12.1 Å². The van der Waals surface area contributed by atoms with E-state index in [9.17, 15) is 8.78 Å². The Morgan fingerprint density at radius 1 is 1.54 bits per heavy atom. The second kappa shape index (κ2) is 3.94. The molecule has 0 atom stereocenters. The number of aromatic nitrogens is 1. The molecule has 1 aromatic rings. The van der Waals surface area contributed by atoms with Gasteiger partial charge in [0.15, 0.2) is 0 Å². The summed E-state index contributed by atoms with van der Waals surface area (Å²) in [6.45, 7) is 1.64. The number of rotatable bonds is 2. The fourth-order valence-corrected chi connectivity index (χ4v) is 1.03. The molecular weight excluding hydrogens is 174 g/mol. The summed E-state index contributed by atoms with van der Waals surface area (Å²) in [6.07, 6.45) is -2.63. The van der Waals surface area contributed by atoms with Gasteiger partial charge in [-0.2, -0.15) is 5.26 Å². The van der Waals surface area contributed by atoms with Crippen LogP contribution in [0.4, 0.5) is 8.78 Å². The van der Waals surface area contributed by atoms with Crippen molar-refractivity contribution < 1.29 is 8.78 Å². The second-order valence-electron chi connectivity index (χ2n) is 2.63. The highest BCUT2D eigenvalue weighted by atomic mass is 19.3. The lowest BCUT2D eigenvalue weighted by Crippen LogP contribution is -1.99. The van der Waals surface area contributed by atoms with Crippen LogP contribution in [0.2, 0.25) is 0 Å². The number of alkyl halides is 2. The van der Waals surface area contributed by atoms with Gasteiger partial charge >= 0.3 is 0 Å². The molecule has 1 rings (SSSR count). The molecule has 0 aromatic carbocycles. The van der Waals surface area contributed by atoms with E-state index in [1.165, 1.54) is 6.07 Å². The van der Waals surface area contributed by atoms with E-state index < -0.39 is 6.43 Å². The smallest absolute Gasteiger partial charge is 0.252 e. The van der Waals surface area contributed by atoms with Crippen molar-refractivity contribution in [2.75, 3.05) is 0 Å². The van der Waals surface area contributed by atoms with Gasteiger partial charge in [0.05, 0.1) is 12.5 Å². The number of pyridine rings is 1. The van der Waals surface area contributed by atoms with Gasteiger partial charge in [0.2, 0.25) is 0 Å². The maximum Gasteiger partial charge on any atom is 0.280 e. The van der Waals surface area contributed by atoms with Gasteiger partial charge in [-0.3, -0.25) is 4.98 Å². The highest BCUT2D eigenvalue weighted by Crippen LogP contribution is 2.21. The molecule has 0 radical (unpaired) electrons. The SMILES string of the molecule is Cc1ccc(CC#N)c(C(F)F)n1. The maximum atomic E-state index is 12.4. The Balaban J connectivity index is 3.12. The number of hydrogen-bond donors (Lipinski definition) is 0. The molecule has 1 aromatic heterocycles. The van der Waals surface area contributed by atoms with Crippen LogP contribution in [0, 0.1) is 18.3 Å². The first kappa shape index (κ1) is 9.59. The van der Waals surface area contributed by atoms with Crippen molar-refractivity contribution in [3.8, 4) is 6.07 Å². The summed E-state index contributed by atoms with van der Waals surface area (Å²) in [5, 5.41) is 8.37. The van der Waals surface area contributed by atoms with Crippen LogP contribution in [0.1, 0.15) is 23.4 Å². The van der Waals surface area contributed by atoms with Crippen LogP contribution in [0.3, 0.4) is 0 Å². The third-order valence-corrected chi connectivity index (χ3v) is 1.63. The molecule has 0 fully saturated rings. The summed E-state index contributed by atoms with van der Waals surface area (Å²) in [4.78, 5) is 3.69. The first-order chi connectivity index (χ1) is 6.15. The lowest BCUT2D eigenvalue weighted by Gasteiger charge is -2.05. The molecule has 0 saturated heterocycles. The molecule has 0 aliphatic rings. The molecule has 0 unspecified atom stereocenters. The van der Waals surface area contributed by atoms with E-state index >= 15 is 0 Å². The Labute approximate surface area is 74.8 Å². The molecule has 4 heteroatoms. The van der Waals surface area contributed by atoms with Gasteiger partial charge in [0.1, 0.15) is 5.69 Å². The first-order valence-corrected chi connectivity index (χ1v) is 3.76. The van der Waals surface area contributed by atoms with Crippen LogP contribution >= 0.6 is 0 Å². The summed E-state index contributed by atoms with van der Waals surface area (Å²) in [7, 11) is 0. The molecule has 2 nitrogen and oxygen atoms in total. The van der Waals surface area contributed by atoms with Gasteiger partial charge < -0.3 is 0 Å². The predicted molar refractivity (Wildman–Crippen MR) is 43.2 cm³/mol. The quantitative estimate of drug-likeness (QED) is 0.704. The minimum atomic E-state index is -2.61. The minimum absolute atomic E-state index is 0.0209. The van der Waals surface area contributed by atoms with Gasteiger partial charge in [0, 0.05) is 5.69 Å². The molecule has 0 aliphatic heterocycles. The Kier molecular flexibility index (Phi) is 2.91. The summed E-state index contributed by atoms with van der Waals surface area (Å²) in [6, 6.07) is 4.97. The van der Waals surface area contributed by atoms with E-state index in [0.717, 1.165) is 0 Å². The topological polar surface area (TPSA) is 36.7 Å². The molecule has 0 saturated carbocycles. The summed E-state index contributed by atoms with van der Waals surface area (Å²) < 4.78 is 24.7. The number of aryl methyl sites for hydroxylation is 1. The molecular formula is C9H8F2N2. The fraction of sp³-hybridized carbons (Fsp3) is 0.333. The molecule has 68 valence electrons. The Morgan fingerprint density at radius 2 is 2.23 bits per heavy atom. The molecule has 0 N–H and O–H groups in total. The molecule has 0 aliphatic carbocycles. The highest BCUT2D eigenvalue weighted by molar-refractivity contribution is 5.26. The highest BCUT2D eigenvalue weighted by Gasteiger charge is 2.14. The zero-order valence-corrected chi connectivity index (χ0v) is 7.09. The number of halogens is 2. The van der Waals surface area contributed by atoms with Crippen LogP contribution in [0.5, 0.6) is 0 Å². The lowest BCUT2D eigenvalue weighted by molar-refractivity contribution is 0.145. The van der Waals surface area contributed by atoms with Gasteiger partial charge in [-0.25, -0.2) is 8.78 Å². The number of nitrogens with zero attached hydrogens (tertiary/aromatic N) is 2. The monoisotopic (exact) mass is 182 g/mol. The van der Waals surface area contributed by atoms with Crippen molar-refractivity contribution in [1.29, 1.82) is 5.26 Å². The lowest BCUT2D eigenvalue weighted by atomic mass is 10.1. The largest absolute Gasteiger partial charge is 0.280 e. The van der Waals surface area contributed by atoms with Crippen molar-refractivity contribution in [1.82, 2.24) is 4.98 Å². The fourth-order valence-electron chi connectivity index (χ4n) is 1.03. The van der Waals surface area contributed by atoms with E-state index in [4.69, 9.17) is 5.26 Å². The maximum absolute atomic E-state index is 12.4. The van der Waals surface area contributed by atoms with Crippen LogP contribution in [0.25, 0.3) is 0 Å². The molecule has 1 heterocycles. The predicted octanol–water partition coefficient (Wildman–Crippen LogP) is 2.39. The van der Waals surface area contributed by atoms with Crippen molar-refractivity contribution >= 4 is 0 Å². The Morgan fingerprint density at radius 3 is 2.77 bits per heavy atom. The first-order valence-electron chi connectivity index (χ1n) is 3.76. The van der Waals surface area contributed by atoms with Crippen molar-refractivity contribution in [2.45, 2.75) is 19.8 Å². The third kappa shape index (κ3) is 2.22. The van der Waals surface area contributed by atoms with Gasteiger partial charge in [-0.1, -0.05) is 6.07 Å². The van der Waals surface area contributed by atoms with Crippen LogP contribution in [-0.4, -0.2) is 4.98 Å². The van der Waals surface area contributed by atoms with E-state index in [2.05, 4.69) is 4.98 Å². The summed E-state index contributed by atoms with van der Waals surface area (Å²) in [5.74, 6) is 0. The van der Waals surface area contributed by atoms with Crippen molar-refractivity contribution in [3.05, 3.63) is 29.1 Å². The van der Waals surface area contributed by atoms with Crippen LogP contribution in [0.15, 0.2) is 12.1 Å². The van der Waals surface area contributed by atoms with Gasteiger partial charge in [-0.15, -0.1) is 0 Å². The van der Waals surface area contributed by atoms with Crippen molar-refractivity contribution in [3.63, 3.8) is 0 Å². The van der Waals surface area contributed by atoms with Crippen LogP contribution in [-0.2, 0) is 6.42 Å². The average molecular weight is 182 g/mol. The van der Waals surface area contributed by atoms with E-state index in [1.807, 2.05) is 6.07 Å². The third-order valence-electron chi connectivity index (χ3n) is 1.63.